The molecule has 0 aromatic carbocycles. The van der Waals surface area contributed by atoms with E-state index in [9.17, 15) is 0 Å². The van der Waals surface area contributed by atoms with Gasteiger partial charge in [-0.25, -0.2) is 0 Å². The summed E-state index contributed by atoms with van der Waals surface area (Å²) in [4.78, 5) is 2.58. The van der Waals surface area contributed by atoms with Crippen LogP contribution in [0.15, 0.2) is 0 Å². The number of rotatable bonds is 2. The molecule has 20 heavy (non-hydrogen) atoms. The van der Waals surface area contributed by atoms with Gasteiger partial charge in [0.15, 0.2) is 0 Å². The van der Waals surface area contributed by atoms with Crippen molar-refractivity contribution in [2.75, 3.05) is 19.6 Å². The topological polar surface area (TPSA) is 47.7 Å². The fraction of sp³-hybridized carbons (Fsp3) is 1.00. The zero-order valence-corrected chi connectivity index (χ0v) is 14.0. The summed E-state index contributed by atoms with van der Waals surface area (Å²) in [6, 6.07) is 0. The highest BCUT2D eigenvalue weighted by Crippen LogP contribution is 2.39. The molecule has 0 spiro atoms. The van der Waals surface area contributed by atoms with E-state index in [-0.39, 0.29) is 28.9 Å². The van der Waals surface area contributed by atoms with Gasteiger partial charge in [0.2, 0.25) is 0 Å². The van der Waals surface area contributed by atoms with Crippen LogP contribution >= 0.6 is 0 Å². The molecule has 118 valence electrons. The second-order valence-corrected chi connectivity index (χ2v) is 8.07. The minimum absolute atomic E-state index is 0.0510. The van der Waals surface area contributed by atoms with Gasteiger partial charge in [0.1, 0.15) is 0 Å². The highest BCUT2D eigenvalue weighted by molar-refractivity contribution is 5.03. The molecule has 0 aliphatic carbocycles. The van der Waals surface area contributed by atoms with Gasteiger partial charge in [-0.3, -0.25) is 4.90 Å². The van der Waals surface area contributed by atoms with Gasteiger partial charge in [0.25, 0.3) is 0 Å². The number of morpholine rings is 1. The van der Waals surface area contributed by atoms with E-state index in [4.69, 9.17) is 15.2 Å². The maximum absolute atomic E-state index is 6.23. The molecule has 0 aromatic heterocycles. The van der Waals surface area contributed by atoms with Crippen LogP contribution < -0.4 is 5.73 Å². The first-order valence-corrected chi connectivity index (χ1v) is 7.88. The van der Waals surface area contributed by atoms with E-state index in [1.165, 1.54) is 0 Å². The molecule has 2 N–H and O–H groups in total. The molecule has 2 aliphatic heterocycles. The lowest BCUT2D eigenvalue weighted by Gasteiger charge is -2.57. The molecular weight excluding hydrogens is 252 g/mol. The average molecular weight is 284 g/mol. The Morgan fingerprint density at radius 2 is 1.45 bits per heavy atom. The van der Waals surface area contributed by atoms with Gasteiger partial charge in [-0.2, -0.15) is 0 Å². The minimum Gasteiger partial charge on any atom is -0.375 e. The molecule has 0 radical (unpaired) electrons. The van der Waals surface area contributed by atoms with Crippen LogP contribution in [0.3, 0.4) is 0 Å². The lowest BCUT2D eigenvalue weighted by atomic mass is 9.80. The molecule has 0 bridgehead atoms. The molecule has 2 aliphatic rings. The number of hydrogen-bond acceptors (Lipinski definition) is 4. The molecule has 0 amide bonds. The maximum Gasteiger partial charge on any atom is 0.0761 e. The van der Waals surface area contributed by atoms with Crippen molar-refractivity contribution in [2.45, 2.75) is 83.3 Å². The third kappa shape index (κ3) is 3.35. The molecule has 0 saturated carbocycles. The van der Waals surface area contributed by atoms with E-state index < -0.39 is 0 Å². The summed E-state index contributed by atoms with van der Waals surface area (Å²) in [5.41, 5.74) is 6.02. The molecular formula is C16H32N2O2. The quantitative estimate of drug-likeness (QED) is 0.844. The van der Waals surface area contributed by atoms with Crippen LogP contribution in [0.4, 0.5) is 0 Å². The molecule has 2 atom stereocenters. The SMILES string of the molecule is CC1CC(CN)(N2CC(C)(C)OC(C)(C)C2)CC(C)O1. The Morgan fingerprint density at radius 3 is 1.85 bits per heavy atom. The number of nitrogens with zero attached hydrogens (tertiary/aromatic N) is 1. The maximum atomic E-state index is 6.23. The van der Waals surface area contributed by atoms with Crippen LogP contribution in [0.5, 0.6) is 0 Å². The molecule has 2 fully saturated rings. The van der Waals surface area contributed by atoms with Gasteiger partial charge < -0.3 is 15.2 Å². The highest BCUT2D eigenvalue weighted by atomic mass is 16.5. The van der Waals surface area contributed by atoms with Crippen LogP contribution in [-0.2, 0) is 9.47 Å². The Hall–Kier alpha value is -0.160. The fourth-order valence-corrected chi connectivity index (χ4v) is 4.32. The van der Waals surface area contributed by atoms with Crippen LogP contribution in [-0.4, -0.2) is 53.5 Å². The number of ether oxygens (including phenoxy) is 2. The molecule has 2 unspecified atom stereocenters. The Kier molecular flexibility index (Phi) is 4.25. The zero-order chi connectivity index (χ0) is 15.2. The molecule has 4 nitrogen and oxygen atoms in total. The Morgan fingerprint density at radius 1 is 1.00 bits per heavy atom. The van der Waals surface area contributed by atoms with Gasteiger partial charge >= 0.3 is 0 Å². The average Bonchev–Trinajstić information content (AvgIpc) is 2.23. The predicted octanol–water partition coefficient (Wildman–Crippen LogP) is 2.16. The third-order valence-electron chi connectivity index (χ3n) is 4.55. The van der Waals surface area contributed by atoms with Gasteiger partial charge in [0, 0.05) is 25.2 Å². The second-order valence-electron chi connectivity index (χ2n) is 8.07. The van der Waals surface area contributed by atoms with E-state index in [0.29, 0.717) is 6.54 Å². The minimum atomic E-state index is -0.130. The Balaban J connectivity index is 2.26. The van der Waals surface area contributed by atoms with Crippen molar-refractivity contribution in [3.63, 3.8) is 0 Å². The van der Waals surface area contributed by atoms with E-state index in [1.807, 2.05) is 0 Å². The summed E-state index contributed by atoms with van der Waals surface area (Å²) in [6.45, 7) is 15.6. The Bertz CT molecular complexity index is 328. The van der Waals surface area contributed by atoms with Crippen molar-refractivity contribution in [3.05, 3.63) is 0 Å². The standard InChI is InChI=1S/C16H32N2O2/c1-12-7-16(9-17,8-13(2)19-12)18-10-14(3,4)20-15(5,6)11-18/h12-13H,7-11,17H2,1-6H3. The Labute approximate surface area is 124 Å². The van der Waals surface area contributed by atoms with E-state index >= 15 is 0 Å². The predicted molar refractivity (Wildman–Crippen MR) is 81.8 cm³/mol. The van der Waals surface area contributed by atoms with Crippen molar-refractivity contribution in [1.29, 1.82) is 0 Å². The lowest BCUT2D eigenvalue weighted by molar-refractivity contribution is -0.214. The van der Waals surface area contributed by atoms with Gasteiger partial charge in [-0.15, -0.1) is 0 Å². The summed E-state index contributed by atoms with van der Waals surface area (Å²) in [6.07, 6.45) is 2.58. The smallest absolute Gasteiger partial charge is 0.0761 e. The summed E-state index contributed by atoms with van der Waals surface area (Å²) < 4.78 is 12.1. The van der Waals surface area contributed by atoms with E-state index in [0.717, 1.165) is 25.9 Å². The lowest BCUT2D eigenvalue weighted by Crippen LogP contribution is -2.68. The normalized spacial score (nSPS) is 41.5. The van der Waals surface area contributed by atoms with Crippen molar-refractivity contribution in [1.82, 2.24) is 4.90 Å². The summed E-state index contributed by atoms with van der Waals surface area (Å²) in [5.74, 6) is 0. The first-order chi connectivity index (χ1) is 9.07. The molecule has 2 saturated heterocycles. The van der Waals surface area contributed by atoms with Crippen molar-refractivity contribution < 1.29 is 9.47 Å². The number of hydrogen-bond donors (Lipinski definition) is 1. The zero-order valence-electron chi connectivity index (χ0n) is 14.0. The molecule has 2 rings (SSSR count). The molecule has 2 heterocycles. The molecule has 4 heteroatoms. The first-order valence-electron chi connectivity index (χ1n) is 7.88. The number of nitrogens with two attached hydrogens (primary N) is 1. The van der Waals surface area contributed by atoms with Crippen LogP contribution in [0.2, 0.25) is 0 Å². The van der Waals surface area contributed by atoms with E-state index in [1.54, 1.807) is 0 Å². The van der Waals surface area contributed by atoms with Gasteiger partial charge in [0.05, 0.1) is 23.4 Å². The first kappa shape index (κ1) is 16.2. The van der Waals surface area contributed by atoms with Crippen molar-refractivity contribution in [3.8, 4) is 0 Å². The van der Waals surface area contributed by atoms with Crippen LogP contribution in [0, 0.1) is 0 Å². The van der Waals surface area contributed by atoms with Gasteiger partial charge in [-0.05, 0) is 54.4 Å². The van der Waals surface area contributed by atoms with E-state index in [2.05, 4.69) is 46.4 Å². The molecule has 0 aromatic rings. The van der Waals surface area contributed by atoms with Crippen molar-refractivity contribution >= 4 is 0 Å². The fourth-order valence-electron chi connectivity index (χ4n) is 4.32. The van der Waals surface area contributed by atoms with Crippen LogP contribution in [0.25, 0.3) is 0 Å². The monoisotopic (exact) mass is 284 g/mol. The largest absolute Gasteiger partial charge is 0.375 e. The van der Waals surface area contributed by atoms with Crippen molar-refractivity contribution in [2.24, 2.45) is 5.73 Å². The second kappa shape index (κ2) is 5.24. The summed E-state index contributed by atoms with van der Waals surface area (Å²) in [5, 5.41) is 0. The summed E-state index contributed by atoms with van der Waals surface area (Å²) in [7, 11) is 0. The van der Waals surface area contributed by atoms with Crippen LogP contribution in [0.1, 0.15) is 54.4 Å². The third-order valence-corrected chi connectivity index (χ3v) is 4.55. The highest BCUT2D eigenvalue weighted by Gasteiger charge is 2.49. The summed E-state index contributed by atoms with van der Waals surface area (Å²) >= 11 is 0. The van der Waals surface area contributed by atoms with Gasteiger partial charge in [-0.1, -0.05) is 0 Å².